The number of likely N-dealkylation sites (N-methyl/N-ethyl adjacent to an activating group) is 1. The van der Waals surface area contributed by atoms with E-state index in [1.807, 2.05) is 31.3 Å². The van der Waals surface area contributed by atoms with Gasteiger partial charge in [-0.25, -0.2) is 0 Å². The molecule has 82 valence electrons. The number of β-amino-alcohol motifs (C(OH)–C–C–N with tert-alkyl or cyclic N) is 1. The van der Waals surface area contributed by atoms with E-state index in [2.05, 4.69) is 27.8 Å². The third-order valence-electron chi connectivity index (χ3n) is 3.25. The highest BCUT2D eigenvalue weighted by molar-refractivity contribution is 9.10. The smallest absolute Gasteiger partial charge is 0.107 e. The van der Waals surface area contributed by atoms with Crippen LogP contribution in [0.5, 0.6) is 0 Å². The van der Waals surface area contributed by atoms with Crippen LogP contribution in [-0.4, -0.2) is 30.1 Å². The average Bonchev–Trinajstić information content (AvgIpc) is 2.42. The molecule has 1 aliphatic heterocycles. The molecule has 1 aliphatic rings. The quantitative estimate of drug-likeness (QED) is 0.845. The van der Waals surface area contributed by atoms with Gasteiger partial charge in [0.05, 0.1) is 0 Å². The van der Waals surface area contributed by atoms with Gasteiger partial charge in [0.1, 0.15) is 5.60 Å². The third-order valence-corrected chi connectivity index (χ3v) is 3.94. The van der Waals surface area contributed by atoms with Crippen molar-refractivity contribution >= 4 is 15.9 Å². The van der Waals surface area contributed by atoms with Crippen LogP contribution < -0.4 is 0 Å². The van der Waals surface area contributed by atoms with Crippen LogP contribution in [0.1, 0.15) is 12.5 Å². The zero-order valence-electron chi connectivity index (χ0n) is 9.07. The number of hydrogen-bond acceptors (Lipinski definition) is 2. The molecule has 15 heavy (non-hydrogen) atoms. The lowest BCUT2D eigenvalue weighted by molar-refractivity contribution is 0.0139. The van der Waals surface area contributed by atoms with Crippen molar-refractivity contribution in [1.29, 1.82) is 0 Å². The van der Waals surface area contributed by atoms with Crippen LogP contribution in [0.25, 0.3) is 0 Å². The third kappa shape index (κ3) is 1.84. The molecule has 0 saturated carbocycles. The van der Waals surface area contributed by atoms with Crippen LogP contribution in [0.15, 0.2) is 28.7 Å². The molecular formula is C12H16BrNO. The monoisotopic (exact) mass is 269 g/mol. The van der Waals surface area contributed by atoms with E-state index < -0.39 is 5.60 Å². The van der Waals surface area contributed by atoms with Gasteiger partial charge in [-0.05, 0) is 18.7 Å². The van der Waals surface area contributed by atoms with E-state index in [1.165, 1.54) is 0 Å². The molecule has 1 aromatic rings. The first kappa shape index (κ1) is 11.1. The Hall–Kier alpha value is -0.380. The Kier molecular flexibility index (Phi) is 2.88. The minimum atomic E-state index is -0.713. The minimum absolute atomic E-state index is 0.265. The summed E-state index contributed by atoms with van der Waals surface area (Å²) < 4.78 is 0.995. The summed E-state index contributed by atoms with van der Waals surface area (Å²) in [6, 6.07) is 7.93. The van der Waals surface area contributed by atoms with Crippen LogP contribution in [0.3, 0.4) is 0 Å². The second-order valence-corrected chi connectivity index (χ2v) is 5.36. The van der Waals surface area contributed by atoms with E-state index in [0.717, 1.165) is 16.6 Å². The predicted molar refractivity (Wildman–Crippen MR) is 64.7 cm³/mol. The number of aliphatic hydroxyl groups is 1. The predicted octanol–water partition coefficient (Wildman–Crippen LogP) is 2.22. The summed E-state index contributed by atoms with van der Waals surface area (Å²) in [5, 5.41) is 10.7. The van der Waals surface area contributed by atoms with Crippen molar-refractivity contribution in [1.82, 2.24) is 4.90 Å². The van der Waals surface area contributed by atoms with Gasteiger partial charge in [-0.3, -0.25) is 0 Å². The Labute approximate surface area is 99.0 Å². The van der Waals surface area contributed by atoms with Gasteiger partial charge in [0.2, 0.25) is 0 Å². The Morgan fingerprint density at radius 2 is 2.13 bits per heavy atom. The Morgan fingerprint density at radius 3 is 2.67 bits per heavy atom. The van der Waals surface area contributed by atoms with Gasteiger partial charge >= 0.3 is 0 Å². The maximum Gasteiger partial charge on any atom is 0.107 e. The number of likely N-dealkylation sites (tertiary alicyclic amines) is 1. The van der Waals surface area contributed by atoms with E-state index in [0.29, 0.717) is 6.54 Å². The summed E-state index contributed by atoms with van der Waals surface area (Å²) in [6.07, 6.45) is 0. The normalized spacial score (nSPS) is 32.1. The standard InChI is InChI=1S/C12H16BrNO/c1-9-7-14(2)8-12(9,15)10-5-3-4-6-11(10)13/h3-6,9,15H,7-8H2,1-2H3/t9-,12-/m0/s1. The molecular weight excluding hydrogens is 254 g/mol. The van der Waals surface area contributed by atoms with Crippen LogP contribution in [-0.2, 0) is 5.60 Å². The van der Waals surface area contributed by atoms with Crippen molar-refractivity contribution in [3.05, 3.63) is 34.3 Å². The van der Waals surface area contributed by atoms with E-state index in [9.17, 15) is 5.11 Å². The number of rotatable bonds is 1. The Balaban J connectivity index is 2.42. The highest BCUT2D eigenvalue weighted by Gasteiger charge is 2.43. The summed E-state index contributed by atoms with van der Waals surface area (Å²) in [4.78, 5) is 2.17. The molecule has 0 amide bonds. The van der Waals surface area contributed by atoms with Crippen LogP contribution in [0.4, 0.5) is 0 Å². The van der Waals surface area contributed by atoms with Crippen molar-refractivity contribution < 1.29 is 5.11 Å². The zero-order valence-corrected chi connectivity index (χ0v) is 10.7. The molecule has 1 fully saturated rings. The van der Waals surface area contributed by atoms with Crippen LogP contribution in [0.2, 0.25) is 0 Å². The first-order valence-electron chi connectivity index (χ1n) is 5.20. The van der Waals surface area contributed by atoms with E-state index >= 15 is 0 Å². The molecule has 2 nitrogen and oxygen atoms in total. The summed E-state index contributed by atoms with van der Waals surface area (Å²) >= 11 is 3.51. The number of nitrogens with zero attached hydrogens (tertiary/aromatic N) is 1. The molecule has 2 atom stereocenters. The largest absolute Gasteiger partial charge is 0.383 e. The second-order valence-electron chi connectivity index (χ2n) is 4.50. The van der Waals surface area contributed by atoms with Crippen LogP contribution >= 0.6 is 15.9 Å². The van der Waals surface area contributed by atoms with Crippen molar-refractivity contribution in [3.8, 4) is 0 Å². The zero-order chi connectivity index (χ0) is 11.1. The Morgan fingerprint density at radius 1 is 1.47 bits per heavy atom. The van der Waals surface area contributed by atoms with Gasteiger partial charge < -0.3 is 10.0 Å². The maximum absolute atomic E-state index is 10.7. The highest BCUT2D eigenvalue weighted by atomic mass is 79.9. The fourth-order valence-corrected chi connectivity index (χ4v) is 3.04. The van der Waals surface area contributed by atoms with Crippen molar-refractivity contribution in [2.45, 2.75) is 12.5 Å². The minimum Gasteiger partial charge on any atom is -0.383 e. The van der Waals surface area contributed by atoms with E-state index in [-0.39, 0.29) is 5.92 Å². The number of hydrogen-bond donors (Lipinski definition) is 1. The van der Waals surface area contributed by atoms with Crippen molar-refractivity contribution in [2.24, 2.45) is 5.92 Å². The lowest BCUT2D eigenvalue weighted by Gasteiger charge is -2.28. The van der Waals surface area contributed by atoms with Crippen LogP contribution in [0, 0.1) is 5.92 Å². The molecule has 0 radical (unpaired) electrons. The molecule has 1 heterocycles. The lowest BCUT2D eigenvalue weighted by Crippen LogP contribution is -2.34. The summed E-state index contributed by atoms with van der Waals surface area (Å²) in [6.45, 7) is 3.75. The summed E-state index contributed by atoms with van der Waals surface area (Å²) in [7, 11) is 2.05. The topological polar surface area (TPSA) is 23.5 Å². The van der Waals surface area contributed by atoms with Gasteiger partial charge in [0.15, 0.2) is 0 Å². The number of halogens is 1. The molecule has 0 unspecified atom stereocenters. The second kappa shape index (κ2) is 3.89. The lowest BCUT2D eigenvalue weighted by atomic mass is 9.85. The molecule has 1 aromatic carbocycles. The fourth-order valence-electron chi connectivity index (χ4n) is 2.41. The van der Waals surface area contributed by atoms with Gasteiger partial charge in [-0.2, -0.15) is 0 Å². The molecule has 1 saturated heterocycles. The van der Waals surface area contributed by atoms with Gasteiger partial charge in [0, 0.05) is 23.5 Å². The maximum atomic E-state index is 10.7. The van der Waals surface area contributed by atoms with E-state index in [1.54, 1.807) is 0 Å². The molecule has 3 heteroatoms. The van der Waals surface area contributed by atoms with Crippen molar-refractivity contribution in [3.63, 3.8) is 0 Å². The first-order chi connectivity index (χ1) is 7.04. The summed E-state index contributed by atoms with van der Waals surface area (Å²) in [5.74, 6) is 0.265. The molecule has 0 spiro atoms. The first-order valence-corrected chi connectivity index (χ1v) is 5.99. The van der Waals surface area contributed by atoms with Gasteiger partial charge in [0.25, 0.3) is 0 Å². The van der Waals surface area contributed by atoms with E-state index in [4.69, 9.17) is 0 Å². The Bertz CT molecular complexity index is 368. The highest BCUT2D eigenvalue weighted by Crippen LogP contribution is 2.39. The fraction of sp³-hybridized carbons (Fsp3) is 0.500. The molecule has 1 N–H and O–H groups in total. The average molecular weight is 270 g/mol. The number of benzene rings is 1. The van der Waals surface area contributed by atoms with Crippen molar-refractivity contribution in [2.75, 3.05) is 20.1 Å². The molecule has 2 rings (SSSR count). The molecule has 0 aliphatic carbocycles. The van der Waals surface area contributed by atoms with Gasteiger partial charge in [-0.1, -0.05) is 41.1 Å². The van der Waals surface area contributed by atoms with Gasteiger partial charge in [-0.15, -0.1) is 0 Å². The molecule has 0 bridgehead atoms. The molecule has 0 aromatic heterocycles. The summed E-state index contributed by atoms with van der Waals surface area (Å²) in [5.41, 5.74) is 0.288. The SMILES string of the molecule is C[C@H]1CN(C)C[C@@]1(O)c1ccccc1Br.